The monoisotopic (exact) mass is 259 g/mol. The van der Waals surface area contributed by atoms with Crippen LogP contribution in [-0.2, 0) is 6.54 Å². The van der Waals surface area contributed by atoms with E-state index in [4.69, 9.17) is 0 Å². The van der Waals surface area contributed by atoms with Gasteiger partial charge in [0.1, 0.15) is 0 Å². The predicted molar refractivity (Wildman–Crippen MR) is 76.1 cm³/mol. The lowest BCUT2D eigenvalue weighted by molar-refractivity contribution is 0.123. The minimum Gasteiger partial charge on any atom is -0.392 e. The van der Waals surface area contributed by atoms with Gasteiger partial charge in [0.15, 0.2) is 0 Å². The Hall–Kier alpha value is -1.65. The molecule has 0 spiro atoms. The molecule has 0 amide bonds. The Morgan fingerprint density at radius 2 is 1.95 bits per heavy atom. The van der Waals surface area contributed by atoms with Crippen LogP contribution in [0.4, 0.5) is 0 Å². The molecular formula is C15H21N3O. The van der Waals surface area contributed by atoms with Crippen LogP contribution in [0.3, 0.4) is 0 Å². The highest BCUT2D eigenvalue weighted by Gasteiger charge is 2.08. The smallest absolute Gasteiger partial charge is 0.0766 e. The highest BCUT2D eigenvalue weighted by atomic mass is 16.3. The molecule has 0 radical (unpaired) electrons. The fourth-order valence-corrected chi connectivity index (χ4v) is 1.76. The van der Waals surface area contributed by atoms with E-state index in [0.29, 0.717) is 13.1 Å². The van der Waals surface area contributed by atoms with E-state index in [2.05, 4.69) is 10.4 Å². The lowest BCUT2D eigenvalue weighted by atomic mass is 10.1. The first kappa shape index (κ1) is 13.8. The van der Waals surface area contributed by atoms with E-state index in [1.807, 2.05) is 61.1 Å². The Morgan fingerprint density at radius 1 is 1.21 bits per heavy atom. The molecule has 0 fully saturated rings. The summed E-state index contributed by atoms with van der Waals surface area (Å²) in [6, 6.07) is 12.0. The first-order valence-electron chi connectivity index (χ1n) is 6.65. The number of aliphatic hydroxyl groups is 1. The van der Waals surface area contributed by atoms with Gasteiger partial charge >= 0.3 is 0 Å². The van der Waals surface area contributed by atoms with Crippen molar-refractivity contribution in [3.8, 4) is 5.69 Å². The Balaban J connectivity index is 1.88. The molecule has 4 nitrogen and oxygen atoms in total. The molecule has 1 aromatic heterocycles. The maximum atomic E-state index is 9.70. The van der Waals surface area contributed by atoms with Gasteiger partial charge in [0, 0.05) is 19.3 Å². The molecule has 0 aliphatic rings. The number of benzene rings is 1. The maximum Gasteiger partial charge on any atom is 0.0766 e. The van der Waals surface area contributed by atoms with Crippen molar-refractivity contribution < 1.29 is 5.11 Å². The first-order chi connectivity index (χ1) is 9.16. The summed E-state index contributed by atoms with van der Waals surface area (Å²) in [5.74, 6) is 0.273. The highest BCUT2D eigenvalue weighted by molar-refractivity contribution is 5.30. The zero-order valence-electron chi connectivity index (χ0n) is 11.5. The SMILES string of the molecule is CC(C)C(O)CNCc1ccn(-c2ccccc2)n1. The van der Waals surface area contributed by atoms with Gasteiger partial charge in [-0.15, -0.1) is 0 Å². The van der Waals surface area contributed by atoms with Crippen molar-refractivity contribution in [2.45, 2.75) is 26.5 Å². The molecular weight excluding hydrogens is 238 g/mol. The summed E-state index contributed by atoms with van der Waals surface area (Å²) in [7, 11) is 0. The van der Waals surface area contributed by atoms with E-state index < -0.39 is 0 Å². The molecule has 2 aromatic rings. The van der Waals surface area contributed by atoms with E-state index in [-0.39, 0.29) is 12.0 Å². The molecule has 1 unspecified atom stereocenters. The first-order valence-corrected chi connectivity index (χ1v) is 6.65. The number of aliphatic hydroxyl groups excluding tert-OH is 1. The third-order valence-corrected chi connectivity index (χ3v) is 3.09. The van der Waals surface area contributed by atoms with E-state index in [1.165, 1.54) is 0 Å². The largest absolute Gasteiger partial charge is 0.392 e. The molecule has 0 bridgehead atoms. The van der Waals surface area contributed by atoms with Crippen LogP contribution in [0.25, 0.3) is 5.69 Å². The van der Waals surface area contributed by atoms with Crippen molar-refractivity contribution >= 4 is 0 Å². The van der Waals surface area contributed by atoms with Crippen LogP contribution in [0.5, 0.6) is 0 Å². The van der Waals surface area contributed by atoms with Crippen molar-refractivity contribution in [3.05, 3.63) is 48.3 Å². The van der Waals surface area contributed by atoms with Gasteiger partial charge in [-0.2, -0.15) is 5.10 Å². The average molecular weight is 259 g/mol. The molecule has 102 valence electrons. The number of para-hydroxylation sites is 1. The number of nitrogens with zero attached hydrogens (tertiary/aromatic N) is 2. The Kier molecular flexibility index (Phi) is 4.71. The highest BCUT2D eigenvalue weighted by Crippen LogP contribution is 2.06. The number of nitrogens with one attached hydrogen (secondary N) is 1. The quantitative estimate of drug-likeness (QED) is 0.834. The summed E-state index contributed by atoms with van der Waals surface area (Å²) in [5.41, 5.74) is 2.02. The van der Waals surface area contributed by atoms with E-state index >= 15 is 0 Å². The molecule has 0 saturated carbocycles. The summed E-state index contributed by atoms with van der Waals surface area (Å²) in [5, 5.41) is 17.4. The molecule has 1 heterocycles. The standard InChI is InChI=1S/C15H21N3O/c1-12(2)15(19)11-16-10-13-8-9-18(17-13)14-6-4-3-5-7-14/h3-9,12,15-16,19H,10-11H2,1-2H3. The van der Waals surface area contributed by atoms with Gasteiger partial charge in [-0.1, -0.05) is 32.0 Å². The molecule has 4 heteroatoms. The van der Waals surface area contributed by atoms with Crippen LogP contribution in [0.1, 0.15) is 19.5 Å². The minimum atomic E-state index is -0.309. The van der Waals surface area contributed by atoms with Crippen LogP contribution in [0, 0.1) is 5.92 Å². The van der Waals surface area contributed by atoms with Crippen molar-refractivity contribution in [2.75, 3.05) is 6.54 Å². The van der Waals surface area contributed by atoms with E-state index in [1.54, 1.807) is 0 Å². The van der Waals surface area contributed by atoms with Crippen LogP contribution < -0.4 is 5.32 Å². The van der Waals surface area contributed by atoms with Gasteiger partial charge < -0.3 is 10.4 Å². The maximum absolute atomic E-state index is 9.70. The molecule has 2 rings (SSSR count). The summed E-state index contributed by atoms with van der Waals surface area (Å²) in [6.45, 7) is 5.28. The molecule has 0 aliphatic heterocycles. The van der Waals surface area contributed by atoms with Crippen molar-refractivity contribution in [2.24, 2.45) is 5.92 Å². The number of hydrogen-bond donors (Lipinski definition) is 2. The Bertz CT molecular complexity index is 493. The molecule has 0 aliphatic carbocycles. The molecule has 0 saturated heterocycles. The number of hydrogen-bond acceptors (Lipinski definition) is 3. The fourth-order valence-electron chi connectivity index (χ4n) is 1.76. The fraction of sp³-hybridized carbons (Fsp3) is 0.400. The average Bonchev–Trinajstić information content (AvgIpc) is 2.88. The predicted octanol–water partition coefficient (Wildman–Crippen LogP) is 1.98. The minimum absolute atomic E-state index is 0.273. The van der Waals surface area contributed by atoms with Crippen molar-refractivity contribution in [3.63, 3.8) is 0 Å². The van der Waals surface area contributed by atoms with Crippen LogP contribution in [0.15, 0.2) is 42.6 Å². The molecule has 2 N–H and O–H groups in total. The zero-order chi connectivity index (χ0) is 13.7. The second-order valence-corrected chi connectivity index (χ2v) is 5.03. The van der Waals surface area contributed by atoms with Gasteiger partial charge in [0.2, 0.25) is 0 Å². The third kappa shape index (κ3) is 3.91. The summed E-state index contributed by atoms with van der Waals surface area (Å²) >= 11 is 0. The molecule has 1 atom stereocenters. The molecule has 19 heavy (non-hydrogen) atoms. The summed E-state index contributed by atoms with van der Waals surface area (Å²) in [6.07, 6.45) is 1.64. The second kappa shape index (κ2) is 6.50. The van der Waals surface area contributed by atoms with Crippen molar-refractivity contribution in [1.82, 2.24) is 15.1 Å². The number of aromatic nitrogens is 2. The van der Waals surface area contributed by atoms with E-state index in [0.717, 1.165) is 11.4 Å². The Morgan fingerprint density at radius 3 is 2.63 bits per heavy atom. The zero-order valence-corrected chi connectivity index (χ0v) is 11.5. The van der Waals surface area contributed by atoms with Crippen LogP contribution >= 0.6 is 0 Å². The second-order valence-electron chi connectivity index (χ2n) is 5.03. The van der Waals surface area contributed by atoms with Gasteiger partial charge in [0.05, 0.1) is 17.5 Å². The van der Waals surface area contributed by atoms with Crippen molar-refractivity contribution in [1.29, 1.82) is 0 Å². The van der Waals surface area contributed by atoms with Gasteiger partial charge in [-0.05, 0) is 24.1 Å². The Labute approximate surface area is 114 Å². The lowest BCUT2D eigenvalue weighted by Gasteiger charge is -2.14. The molecule has 1 aromatic carbocycles. The van der Waals surface area contributed by atoms with Crippen LogP contribution in [-0.4, -0.2) is 27.5 Å². The third-order valence-electron chi connectivity index (χ3n) is 3.09. The summed E-state index contributed by atoms with van der Waals surface area (Å²) < 4.78 is 1.86. The van der Waals surface area contributed by atoms with Crippen LogP contribution in [0.2, 0.25) is 0 Å². The van der Waals surface area contributed by atoms with Gasteiger partial charge in [-0.25, -0.2) is 4.68 Å². The van der Waals surface area contributed by atoms with Gasteiger partial charge in [0.25, 0.3) is 0 Å². The topological polar surface area (TPSA) is 50.1 Å². The lowest BCUT2D eigenvalue weighted by Crippen LogP contribution is -2.30. The van der Waals surface area contributed by atoms with Gasteiger partial charge in [-0.3, -0.25) is 0 Å². The van der Waals surface area contributed by atoms with E-state index in [9.17, 15) is 5.11 Å². The number of rotatable bonds is 6. The normalized spacial score (nSPS) is 12.8. The summed E-state index contributed by atoms with van der Waals surface area (Å²) in [4.78, 5) is 0.